The number of anilines is 1. The van der Waals surface area contributed by atoms with Gasteiger partial charge in [-0.05, 0) is 12.1 Å². The molecule has 1 heterocycles. The summed E-state index contributed by atoms with van der Waals surface area (Å²) in [7, 11) is 1.48. The third-order valence-electron chi connectivity index (χ3n) is 2.40. The Bertz CT molecular complexity index is 597. The molecule has 100 valence electrons. The van der Waals surface area contributed by atoms with Crippen molar-refractivity contribution in [3.63, 3.8) is 0 Å². The summed E-state index contributed by atoms with van der Waals surface area (Å²) in [6.45, 7) is 0.115. The second-order valence-electron chi connectivity index (χ2n) is 3.68. The van der Waals surface area contributed by atoms with Crippen LogP contribution in [0.1, 0.15) is 16.2 Å². The molecule has 7 heteroatoms. The van der Waals surface area contributed by atoms with Crippen molar-refractivity contribution in [2.75, 3.05) is 12.4 Å². The van der Waals surface area contributed by atoms with Gasteiger partial charge in [-0.15, -0.1) is 0 Å². The smallest absolute Gasteiger partial charge is 0.358 e. The summed E-state index contributed by atoms with van der Waals surface area (Å²) in [6, 6.07) is 5.53. The van der Waals surface area contributed by atoms with Crippen molar-refractivity contribution in [2.24, 2.45) is 0 Å². The maximum atomic E-state index is 13.5. The first-order valence-corrected chi connectivity index (χ1v) is 5.36. The highest BCUT2D eigenvalue weighted by Gasteiger charge is 2.11. The highest BCUT2D eigenvalue weighted by atomic mass is 19.1. The number of benzene rings is 1. The molecule has 19 heavy (non-hydrogen) atoms. The van der Waals surface area contributed by atoms with E-state index in [1.54, 1.807) is 0 Å². The normalized spacial score (nSPS) is 10.2. The first-order chi connectivity index (χ1) is 9.10. The van der Waals surface area contributed by atoms with E-state index in [0.717, 1.165) is 0 Å². The van der Waals surface area contributed by atoms with Crippen molar-refractivity contribution >= 4 is 11.7 Å². The third-order valence-corrected chi connectivity index (χ3v) is 2.40. The Kier molecular flexibility index (Phi) is 3.65. The van der Waals surface area contributed by atoms with Gasteiger partial charge in [0.15, 0.2) is 11.5 Å². The van der Waals surface area contributed by atoms with Crippen LogP contribution in [0.2, 0.25) is 0 Å². The zero-order valence-corrected chi connectivity index (χ0v) is 10.0. The number of nitrogens with one attached hydrogen (secondary N) is 1. The number of methoxy groups -OCH3 is 1. The molecule has 0 bridgehead atoms. The Labute approximate surface area is 107 Å². The van der Waals surface area contributed by atoms with Crippen molar-refractivity contribution in [3.05, 3.63) is 41.5 Å². The first kappa shape index (κ1) is 12.9. The second-order valence-corrected chi connectivity index (χ2v) is 3.68. The van der Waals surface area contributed by atoms with Gasteiger partial charge in [0.2, 0.25) is 0 Å². The molecular formula is C12H11FN2O4. The molecule has 6 nitrogen and oxygen atoms in total. The van der Waals surface area contributed by atoms with Gasteiger partial charge in [0.1, 0.15) is 11.6 Å². The van der Waals surface area contributed by atoms with Crippen LogP contribution in [0, 0.1) is 5.82 Å². The molecule has 1 aromatic carbocycles. The van der Waals surface area contributed by atoms with Crippen LogP contribution in [0.3, 0.4) is 0 Å². The molecule has 0 amide bonds. The Hall–Kier alpha value is -2.57. The highest BCUT2D eigenvalue weighted by Crippen LogP contribution is 2.21. The van der Waals surface area contributed by atoms with Crippen LogP contribution in [-0.2, 0) is 6.54 Å². The van der Waals surface area contributed by atoms with Crippen molar-refractivity contribution in [2.45, 2.75) is 6.54 Å². The lowest BCUT2D eigenvalue weighted by Crippen LogP contribution is -2.01. The number of ether oxygens (including phenoxy) is 1. The van der Waals surface area contributed by atoms with E-state index in [0.29, 0.717) is 11.5 Å². The largest absolute Gasteiger partial charge is 0.497 e. The number of carboxylic acids is 1. The molecule has 0 saturated heterocycles. The Morgan fingerprint density at radius 2 is 2.32 bits per heavy atom. The number of rotatable bonds is 5. The lowest BCUT2D eigenvalue weighted by Gasteiger charge is -2.07. The minimum Gasteiger partial charge on any atom is -0.497 e. The van der Waals surface area contributed by atoms with E-state index >= 15 is 0 Å². The molecule has 0 aliphatic rings. The van der Waals surface area contributed by atoms with Gasteiger partial charge in [-0.3, -0.25) is 0 Å². The number of aromatic nitrogens is 1. The number of hydrogen-bond acceptors (Lipinski definition) is 5. The molecule has 0 aliphatic carbocycles. The number of carbonyl (C=O) groups is 1. The lowest BCUT2D eigenvalue weighted by molar-refractivity contribution is 0.0685. The average Bonchev–Trinajstić information content (AvgIpc) is 2.87. The quantitative estimate of drug-likeness (QED) is 0.862. The van der Waals surface area contributed by atoms with Crippen molar-refractivity contribution < 1.29 is 23.6 Å². The van der Waals surface area contributed by atoms with Crippen LogP contribution in [0.15, 0.2) is 28.8 Å². The van der Waals surface area contributed by atoms with Crippen LogP contribution in [0.5, 0.6) is 5.75 Å². The van der Waals surface area contributed by atoms with Crippen molar-refractivity contribution in [1.82, 2.24) is 5.16 Å². The van der Waals surface area contributed by atoms with Gasteiger partial charge in [0, 0.05) is 12.1 Å². The topological polar surface area (TPSA) is 84.6 Å². The summed E-state index contributed by atoms with van der Waals surface area (Å²) < 4.78 is 23.3. The molecule has 2 aromatic rings. The average molecular weight is 266 g/mol. The fourth-order valence-corrected chi connectivity index (χ4v) is 1.45. The molecule has 0 spiro atoms. The molecule has 0 unspecified atom stereocenters. The monoisotopic (exact) mass is 266 g/mol. The fraction of sp³-hybridized carbons (Fsp3) is 0.167. The number of nitrogens with zero attached hydrogens (tertiary/aromatic N) is 1. The highest BCUT2D eigenvalue weighted by molar-refractivity contribution is 5.85. The van der Waals surface area contributed by atoms with E-state index in [2.05, 4.69) is 10.5 Å². The van der Waals surface area contributed by atoms with E-state index < -0.39 is 11.8 Å². The molecule has 1 aromatic heterocycles. The molecule has 0 radical (unpaired) electrons. The second kappa shape index (κ2) is 5.38. The Morgan fingerprint density at radius 3 is 2.95 bits per heavy atom. The van der Waals surface area contributed by atoms with Crippen LogP contribution < -0.4 is 10.1 Å². The molecule has 2 rings (SSSR count). The van der Waals surface area contributed by atoms with Crippen LogP contribution in [0.25, 0.3) is 0 Å². The number of hydrogen-bond donors (Lipinski definition) is 2. The summed E-state index contributed by atoms with van der Waals surface area (Å²) in [5, 5.41) is 14.8. The van der Waals surface area contributed by atoms with E-state index in [4.69, 9.17) is 14.4 Å². The summed E-state index contributed by atoms with van der Waals surface area (Å²) in [5.41, 5.74) is 0.0375. The van der Waals surface area contributed by atoms with Gasteiger partial charge in [0.25, 0.3) is 0 Å². The third kappa shape index (κ3) is 3.01. The summed E-state index contributed by atoms with van der Waals surface area (Å²) in [6.07, 6.45) is 0. The van der Waals surface area contributed by atoms with Gasteiger partial charge in [-0.25, -0.2) is 9.18 Å². The maximum Gasteiger partial charge on any atom is 0.358 e. The van der Waals surface area contributed by atoms with Gasteiger partial charge in [-0.2, -0.15) is 0 Å². The van der Waals surface area contributed by atoms with Crippen molar-refractivity contribution in [3.8, 4) is 5.75 Å². The summed E-state index contributed by atoms with van der Waals surface area (Å²) in [4.78, 5) is 10.6. The van der Waals surface area contributed by atoms with E-state index in [9.17, 15) is 9.18 Å². The first-order valence-electron chi connectivity index (χ1n) is 5.36. The SMILES string of the molecule is COc1ccc(F)c(NCc2cc(C(=O)O)no2)c1. The molecule has 0 fully saturated rings. The molecular weight excluding hydrogens is 255 g/mol. The van der Waals surface area contributed by atoms with Crippen LogP contribution >= 0.6 is 0 Å². The zero-order chi connectivity index (χ0) is 13.8. The standard InChI is InChI=1S/C12H11FN2O4/c1-18-7-2-3-9(13)10(4-7)14-6-8-5-11(12(16)17)15-19-8/h2-5,14H,6H2,1H3,(H,16,17). The maximum absolute atomic E-state index is 13.5. The number of aromatic carboxylic acids is 1. The minimum atomic E-state index is -1.18. The Balaban J connectivity index is 2.07. The number of carboxylic acid groups (broad SMARTS) is 1. The fourth-order valence-electron chi connectivity index (χ4n) is 1.45. The van der Waals surface area contributed by atoms with Crippen LogP contribution in [0.4, 0.5) is 10.1 Å². The summed E-state index contributed by atoms with van der Waals surface area (Å²) >= 11 is 0. The predicted octanol–water partition coefficient (Wildman–Crippen LogP) is 2.13. The summed E-state index contributed by atoms with van der Waals surface area (Å²) in [5.74, 6) is -0.825. The molecule has 0 aliphatic heterocycles. The molecule has 0 atom stereocenters. The van der Waals surface area contributed by atoms with Crippen LogP contribution in [-0.4, -0.2) is 23.3 Å². The predicted molar refractivity (Wildman–Crippen MR) is 63.7 cm³/mol. The number of halogens is 1. The van der Waals surface area contributed by atoms with Gasteiger partial charge >= 0.3 is 5.97 Å². The molecule has 2 N–H and O–H groups in total. The molecule has 0 saturated carbocycles. The van der Waals surface area contributed by atoms with E-state index in [1.165, 1.54) is 31.4 Å². The van der Waals surface area contributed by atoms with E-state index in [1.807, 2.05) is 0 Å². The Morgan fingerprint density at radius 1 is 1.53 bits per heavy atom. The van der Waals surface area contributed by atoms with Gasteiger partial charge < -0.3 is 19.7 Å². The lowest BCUT2D eigenvalue weighted by atomic mass is 10.2. The minimum absolute atomic E-state index is 0.115. The van der Waals surface area contributed by atoms with Crippen molar-refractivity contribution in [1.29, 1.82) is 0 Å². The van der Waals surface area contributed by atoms with Gasteiger partial charge in [0.05, 0.1) is 19.3 Å². The zero-order valence-electron chi connectivity index (χ0n) is 10.0. The van der Waals surface area contributed by atoms with E-state index in [-0.39, 0.29) is 17.9 Å². The van der Waals surface area contributed by atoms with Gasteiger partial charge in [-0.1, -0.05) is 5.16 Å².